The summed E-state index contributed by atoms with van der Waals surface area (Å²) in [5.41, 5.74) is 1.76. The van der Waals surface area contributed by atoms with Crippen molar-refractivity contribution in [2.75, 3.05) is 14.2 Å². The first-order chi connectivity index (χ1) is 12.2. The van der Waals surface area contributed by atoms with Gasteiger partial charge < -0.3 is 9.47 Å². The minimum absolute atomic E-state index is 0.331. The Morgan fingerprint density at radius 2 is 1.72 bits per heavy atom. The van der Waals surface area contributed by atoms with E-state index in [4.69, 9.17) is 9.47 Å². The van der Waals surface area contributed by atoms with Crippen LogP contribution in [0.15, 0.2) is 67.3 Å². The van der Waals surface area contributed by atoms with Gasteiger partial charge in [0.25, 0.3) is 0 Å². The van der Waals surface area contributed by atoms with Gasteiger partial charge in [0.15, 0.2) is 0 Å². The van der Waals surface area contributed by atoms with Gasteiger partial charge in [-0.2, -0.15) is 5.10 Å². The molecule has 0 saturated heterocycles. The lowest BCUT2D eigenvalue weighted by atomic mass is 9.87. The number of aromatic nitrogens is 3. The first kappa shape index (κ1) is 16.7. The Bertz CT molecular complexity index is 802. The lowest BCUT2D eigenvalue weighted by Crippen LogP contribution is -2.27. The molecule has 2 aromatic carbocycles. The SMILES string of the molecule is COC(=O)C(c1ccccc1)C(c1ccc(OC)cc1)n1cncn1. The fourth-order valence-corrected chi connectivity index (χ4v) is 2.89. The molecule has 6 heteroatoms. The molecule has 0 spiro atoms. The number of esters is 1. The number of methoxy groups -OCH3 is 2. The van der Waals surface area contributed by atoms with Crippen LogP contribution in [0.5, 0.6) is 5.75 Å². The molecule has 1 heterocycles. The lowest BCUT2D eigenvalue weighted by molar-refractivity contribution is -0.143. The zero-order valence-electron chi connectivity index (χ0n) is 14.1. The summed E-state index contributed by atoms with van der Waals surface area (Å²) in [4.78, 5) is 16.7. The van der Waals surface area contributed by atoms with E-state index in [2.05, 4.69) is 10.1 Å². The zero-order valence-corrected chi connectivity index (χ0v) is 14.1. The Kier molecular flexibility index (Phi) is 5.09. The summed E-state index contributed by atoms with van der Waals surface area (Å²) in [6.07, 6.45) is 3.06. The number of carbonyl (C=O) groups excluding carboxylic acids is 1. The average Bonchev–Trinajstić information content (AvgIpc) is 3.20. The second-order valence-corrected chi connectivity index (χ2v) is 5.51. The van der Waals surface area contributed by atoms with Crippen molar-refractivity contribution in [3.8, 4) is 5.75 Å². The Morgan fingerprint density at radius 1 is 1.00 bits per heavy atom. The van der Waals surface area contributed by atoms with Crippen LogP contribution in [-0.4, -0.2) is 35.0 Å². The smallest absolute Gasteiger partial charge is 0.315 e. The molecule has 0 aliphatic carbocycles. The Morgan fingerprint density at radius 3 is 2.28 bits per heavy atom. The van der Waals surface area contributed by atoms with Crippen LogP contribution < -0.4 is 4.74 Å². The van der Waals surface area contributed by atoms with Gasteiger partial charge in [-0.1, -0.05) is 42.5 Å². The third-order valence-electron chi connectivity index (χ3n) is 4.11. The summed E-state index contributed by atoms with van der Waals surface area (Å²) in [6, 6.07) is 16.7. The minimum atomic E-state index is -0.554. The fourth-order valence-electron chi connectivity index (χ4n) is 2.89. The van der Waals surface area contributed by atoms with Crippen molar-refractivity contribution in [3.05, 3.63) is 78.4 Å². The highest BCUT2D eigenvalue weighted by Crippen LogP contribution is 2.35. The molecule has 0 aliphatic rings. The standard InChI is InChI=1S/C19H19N3O3/c1-24-16-10-8-15(9-11-16)18(22-13-20-12-21-22)17(19(23)25-2)14-6-4-3-5-7-14/h3-13,17-18H,1-2H3. The molecular weight excluding hydrogens is 318 g/mol. The summed E-state index contributed by atoms with van der Waals surface area (Å²) in [5.74, 6) is -0.140. The Balaban J connectivity index is 2.12. The van der Waals surface area contributed by atoms with Crippen LogP contribution in [0, 0.1) is 0 Å². The van der Waals surface area contributed by atoms with E-state index in [0.717, 1.165) is 16.9 Å². The van der Waals surface area contributed by atoms with Crippen molar-refractivity contribution >= 4 is 5.97 Å². The summed E-state index contributed by atoms with van der Waals surface area (Å²) in [7, 11) is 3.01. The van der Waals surface area contributed by atoms with Gasteiger partial charge >= 0.3 is 5.97 Å². The fraction of sp³-hybridized carbons (Fsp3) is 0.211. The number of benzene rings is 2. The van der Waals surface area contributed by atoms with Crippen molar-refractivity contribution in [1.82, 2.24) is 14.8 Å². The van der Waals surface area contributed by atoms with E-state index in [1.807, 2.05) is 54.6 Å². The molecule has 6 nitrogen and oxygen atoms in total. The third-order valence-corrected chi connectivity index (χ3v) is 4.11. The molecule has 3 rings (SSSR count). The summed E-state index contributed by atoms with van der Waals surface area (Å²) < 4.78 is 12.0. The number of nitrogens with zero attached hydrogens (tertiary/aromatic N) is 3. The number of ether oxygens (including phenoxy) is 2. The lowest BCUT2D eigenvalue weighted by Gasteiger charge is -2.26. The number of hydrogen-bond acceptors (Lipinski definition) is 5. The van der Waals surface area contributed by atoms with E-state index in [-0.39, 0.29) is 12.0 Å². The van der Waals surface area contributed by atoms with Crippen LogP contribution in [0.2, 0.25) is 0 Å². The number of hydrogen-bond donors (Lipinski definition) is 0. The molecule has 0 radical (unpaired) electrons. The molecule has 0 fully saturated rings. The predicted octanol–water partition coefficient (Wildman–Crippen LogP) is 2.83. The van der Waals surface area contributed by atoms with Gasteiger partial charge in [-0.15, -0.1) is 0 Å². The van der Waals surface area contributed by atoms with Crippen molar-refractivity contribution < 1.29 is 14.3 Å². The molecular formula is C19H19N3O3. The maximum absolute atomic E-state index is 12.6. The van der Waals surface area contributed by atoms with E-state index in [1.54, 1.807) is 18.1 Å². The van der Waals surface area contributed by atoms with Gasteiger partial charge in [-0.05, 0) is 23.3 Å². The first-order valence-corrected chi connectivity index (χ1v) is 7.85. The molecule has 3 aromatic rings. The van der Waals surface area contributed by atoms with Crippen molar-refractivity contribution in [3.63, 3.8) is 0 Å². The maximum Gasteiger partial charge on any atom is 0.315 e. The van der Waals surface area contributed by atoms with Crippen LogP contribution in [0.25, 0.3) is 0 Å². The van der Waals surface area contributed by atoms with E-state index in [9.17, 15) is 4.79 Å². The van der Waals surface area contributed by atoms with Gasteiger partial charge in [-0.3, -0.25) is 4.79 Å². The summed E-state index contributed by atoms with van der Waals surface area (Å²) >= 11 is 0. The molecule has 0 saturated carbocycles. The van der Waals surface area contributed by atoms with E-state index < -0.39 is 5.92 Å². The highest BCUT2D eigenvalue weighted by atomic mass is 16.5. The van der Waals surface area contributed by atoms with Gasteiger partial charge in [0.2, 0.25) is 0 Å². The normalized spacial score (nSPS) is 13.0. The highest BCUT2D eigenvalue weighted by molar-refractivity contribution is 5.79. The van der Waals surface area contributed by atoms with Crippen molar-refractivity contribution in [2.24, 2.45) is 0 Å². The molecule has 2 atom stereocenters. The second-order valence-electron chi connectivity index (χ2n) is 5.51. The van der Waals surface area contributed by atoms with Crippen LogP contribution >= 0.6 is 0 Å². The van der Waals surface area contributed by atoms with Crippen LogP contribution in [0.3, 0.4) is 0 Å². The largest absolute Gasteiger partial charge is 0.497 e. The van der Waals surface area contributed by atoms with E-state index in [1.165, 1.54) is 13.4 Å². The third kappa shape index (κ3) is 3.52. The Hall–Kier alpha value is -3.15. The molecule has 0 amide bonds. The number of carbonyl (C=O) groups is 1. The summed E-state index contributed by atoms with van der Waals surface area (Å²) in [5, 5.41) is 4.27. The number of rotatable bonds is 6. The van der Waals surface area contributed by atoms with Gasteiger partial charge in [-0.25, -0.2) is 9.67 Å². The van der Waals surface area contributed by atoms with Gasteiger partial charge in [0.1, 0.15) is 24.3 Å². The summed E-state index contributed by atoms with van der Waals surface area (Å²) in [6.45, 7) is 0. The quantitative estimate of drug-likeness (QED) is 0.647. The molecule has 128 valence electrons. The van der Waals surface area contributed by atoms with Crippen molar-refractivity contribution in [1.29, 1.82) is 0 Å². The van der Waals surface area contributed by atoms with Crippen LogP contribution in [0.4, 0.5) is 0 Å². The molecule has 1 aromatic heterocycles. The van der Waals surface area contributed by atoms with Crippen molar-refractivity contribution in [2.45, 2.75) is 12.0 Å². The zero-order chi connectivity index (χ0) is 17.6. The molecule has 2 unspecified atom stereocenters. The monoisotopic (exact) mass is 337 g/mol. The van der Waals surface area contributed by atoms with Crippen LogP contribution in [0.1, 0.15) is 23.1 Å². The minimum Gasteiger partial charge on any atom is -0.497 e. The predicted molar refractivity (Wildman–Crippen MR) is 92.4 cm³/mol. The van der Waals surface area contributed by atoms with Gasteiger partial charge in [0, 0.05) is 0 Å². The van der Waals surface area contributed by atoms with E-state index in [0.29, 0.717) is 0 Å². The molecule has 25 heavy (non-hydrogen) atoms. The average molecular weight is 337 g/mol. The Labute approximate surface area is 146 Å². The second kappa shape index (κ2) is 7.61. The van der Waals surface area contributed by atoms with E-state index >= 15 is 0 Å². The molecule has 0 aliphatic heterocycles. The first-order valence-electron chi connectivity index (χ1n) is 7.85. The van der Waals surface area contributed by atoms with Crippen LogP contribution in [-0.2, 0) is 9.53 Å². The highest BCUT2D eigenvalue weighted by Gasteiger charge is 2.34. The van der Waals surface area contributed by atoms with Gasteiger partial charge in [0.05, 0.1) is 20.3 Å². The maximum atomic E-state index is 12.6. The topological polar surface area (TPSA) is 66.2 Å². The molecule has 0 bridgehead atoms. The molecule has 0 N–H and O–H groups in total.